The van der Waals surface area contributed by atoms with E-state index in [4.69, 9.17) is 0 Å². The molecular weight excluding hydrogens is 294 g/mol. The maximum Gasteiger partial charge on any atom is 0.130 e. The fraction of sp³-hybridized carbons (Fsp3) is 0.625. The number of nitrogens with zero attached hydrogens (tertiary/aromatic N) is 1. The number of hydrogen-bond donors (Lipinski definition) is 1. The number of hydrogen-bond acceptors (Lipinski definition) is 2. The minimum atomic E-state index is -0.435. The average molecular weight is 319 g/mol. The van der Waals surface area contributed by atoms with Gasteiger partial charge in [0.05, 0.1) is 0 Å². The Morgan fingerprint density at radius 2 is 1.81 bits per heavy atom. The molecule has 1 fully saturated rings. The highest BCUT2D eigenvalue weighted by molar-refractivity contribution is 5.85. The van der Waals surface area contributed by atoms with Crippen molar-refractivity contribution < 1.29 is 8.78 Å². The van der Waals surface area contributed by atoms with Crippen LogP contribution in [0, 0.1) is 17.6 Å². The lowest BCUT2D eigenvalue weighted by atomic mass is 9.92. The summed E-state index contributed by atoms with van der Waals surface area (Å²) in [6.07, 6.45) is 3.41. The molecule has 5 heteroatoms. The van der Waals surface area contributed by atoms with E-state index in [1.165, 1.54) is 24.6 Å². The van der Waals surface area contributed by atoms with Gasteiger partial charge in [0.15, 0.2) is 0 Å². The second-order valence-electron chi connectivity index (χ2n) is 5.68. The summed E-state index contributed by atoms with van der Waals surface area (Å²) in [5.74, 6) is -0.138. The van der Waals surface area contributed by atoms with Gasteiger partial charge < -0.3 is 5.32 Å². The van der Waals surface area contributed by atoms with Gasteiger partial charge in [0.2, 0.25) is 0 Å². The highest BCUT2D eigenvalue weighted by Gasteiger charge is 2.26. The quantitative estimate of drug-likeness (QED) is 0.889. The summed E-state index contributed by atoms with van der Waals surface area (Å²) in [6, 6.07) is 3.91. The van der Waals surface area contributed by atoms with Crippen LogP contribution in [0.15, 0.2) is 18.2 Å². The van der Waals surface area contributed by atoms with E-state index in [1.54, 1.807) is 0 Å². The molecule has 1 unspecified atom stereocenters. The van der Waals surface area contributed by atoms with Crippen LogP contribution in [0.4, 0.5) is 8.78 Å². The van der Waals surface area contributed by atoms with Crippen molar-refractivity contribution in [3.63, 3.8) is 0 Å². The number of piperidine rings is 1. The molecule has 1 aliphatic rings. The fourth-order valence-corrected chi connectivity index (χ4v) is 3.07. The van der Waals surface area contributed by atoms with Crippen molar-refractivity contribution in [3.05, 3.63) is 35.4 Å². The fourth-order valence-electron chi connectivity index (χ4n) is 3.07. The zero-order valence-electron chi connectivity index (χ0n) is 12.7. The van der Waals surface area contributed by atoms with E-state index < -0.39 is 11.6 Å². The maximum atomic E-state index is 13.8. The highest BCUT2D eigenvalue weighted by Crippen LogP contribution is 2.30. The van der Waals surface area contributed by atoms with Crippen LogP contribution in [0.3, 0.4) is 0 Å². The van der Waals surface area contributed by atoms with E-state index in [2.05, 4.69) is 10.2 Å². The lowest BCUT2D eigenvalue weighted by Crippen LogP contribution is -2.37. The first kappa shape index (κ1) is 18.3. The number of benzene rings is 1. The minimum Gasteiger partial charge on any atom is -0.320 e. The predicted octanol–water partition coefficient (Wildman–Crippen LogP) is 3.77. The maximum absolute atomic E-state index is 13.8. The van der Waals surface area contributed by atoms with Crippen molar-refractivity contribution in [3.8, 4) is 0 Å². The third-order valence-electron chi connectivity index (χ3n) is 4.42. The molecule has 1 atom stereocenters. The molecule has 120 valence electrons. The Morgan fingerprint density at radius 1 is 1.24 bits per heavy atom. The van der Waals surface area contributed by atoms with E-state index in [0.29, 0.717) is 0 Å². The summed E-state index contributed by atoms with van der Waals surface area (Å²) in [6.45, 7) is 4.78. The van der Waals surface area contributed by atoms with Gasteiger partial charge in [0.1, 0.15) is 11.6 Å². The molecule has 0 aromatic heterocycles. The topological polar surface area (TPSA) is 15.3 Å². The average Bonchev–Trinajstić information content (AvgIpc) is 2.45. The second-order valence-corrected chi connectivity index (χ2v) is 5.68. The van der Waals surface area contributed by atoms with Gasteiger partial charge in [0, 0.05) is 11.6 Å². The van der Waals surface area contributed by atoms with E-state index in [0.717, 1.165) is 38.4 Å². The molecule has 0 spiro atoms. The SMILES string of the molecule is CNCCC1CCN(C(C)c2c(F)cccc2F)CC1.Cl. The van der Waals surface area contributed by atoms with E-state index >= 15 is 0 Å². The first-order chi connectivity index (χ1) is 9.63. The largest absolute Gasteiger partial charge is 0.320 e. The Morgan fingerprint density at radius 3 is 2.33 bits per heavy atom. The van der Waals surface area contributed by atoms with Crippen molar-refractivity contribution in [2.24, 2.45) is 5.92 Å². The second kappa shape index (κ2) is 8.66. The molecule has 1 aromatic rings. The van der Waals surface area contributed by atoms with Crippen LogP contribution in [0.2, 0.25) is 0 Å². The van der Waals surface area contributed by atoms with E-state index in [-0.39, 0.29) is 24.0 Å². The molecule has 1 N–H and O–H groups in total. The summed E-state index contributed by atoms with van der Waals surface area (Å²) in [4.78, 5) is 2.19. The van der Waals surface area contributed by atoms with Crippen molar-refractivity contribution in [1.29, 1.82) is 0 Å². The van der Waals surface area contributed by atoms with Crippen molar-refractivity contribution in [2.45, 2.75) is 32.2 Å². The molecule has 2 nitrogen and oxygen atoms in total. The molecule has 1 aromatic carbocycles. The van der Waals surface area contributed by atoms with Gasteiger partial charge in [-0.1, -0.05) is 6.07 Å². The number of rotatable bonds is 5. The molecule has 0 saturated carbocycles. The Kier molecular flexibility index (Phi) is 7.57. The predicted molar refractivity (Wildman–Crippen MR) is 84.9 cm³/mol. The summed E-state index contributed by atoms with van der Waals surface area (Å²) >= 11 is 0. The van der Waals surface area contributed by atoms with Crippen LogP contribution in [0.25, 0.3) is 0 Å². The minimum absolute atomic E-state index is 0. The Hall–Kier alpha value is -0.710. The summed E-state index contributed by atoms with van der Waals surface area (Å²) in [5.41, 5.74) is 0.209. The van der Waals surface area contributed by atoms with Gasteiger partial charge in [-0.15, -0.1) is 12.4 Å². The number of nitrogens with one attached hydrogen (secondary N) is 1. The zero-order chi connectivity index (χ0) is 14.5. The van der Waals surface area contributed by atoms with Crippen LogP contribution < -0.4 is 5.32 Å². The van der Waals surface area contributed by atoms with Crippen molar-refractivity contribution in [2.75, 3.05) is 26.7 Å². The van der Waals surface area contributed by atoms with Gasteiger partial charge in [-0.05, 0) is 70.9 Å². The van der Waals surface area contributed by atoms with Crippen LogP contribution in [0.1, 0.15) is 37.8 Å². The highest BCUT2D eigenvalue weighted by atomic mass is 35.5. The zero-order valence-corrected chi connectivity index (χ0v) is 13.6. The molecule has 2 rings (SSSR count). The van der Waals surface area contributed by atoms with Crippen LogP contribution in [0.5, 0.6) is 0 Å². The molecule has 0 radical (unpaired) electrons. The van der Waals surface area contributed by atoms with Gasteiger partial charge in [0.25, 0.3) is 0 Å². The molecule has 1 saturated heterocycles. The van der Waals surface area contributed by atoms with Gasteiger partial charge in [-0.2, -0.15) is 0 Å². The van der Waals surface area contributed by atoms with Crippen LogP contribution in [-0.2, 0) is 0 Å². The Labute approximate surface area is 132 Å². The number of halogens is 3. The first-order valence-corrected chi connectivity index (χ1v) is 7.46. The monoisotopic (exact) mass is 318 g/mol. The molecule has 1 aliphatic heterocycles. The Balaban J connectivity index is 0.00000220. The van der Waals surface area contributed by atoms with Gasteiger partial charge >= 0.3 is 0 Å². The third-order valence-corrected chi connectivity index (χ3v) is 4.42. The van der Waals surface area contributed by atoms with E-state index in [1.807, 2.05) is 14.0 Å². The van der Waals surface area contributed by atoms with Crippen molar-refractivity contribution >= 4 is 12.4 Å². The lowest BCUT2D eigenvalue weighted by molar-refractivity contribution is 0.133. The molecular formula is C16H25ClF2N2. The van der Waals surface area contributed by atoms with Crippen LogP contribution >= 0.6 is 12.4 Å². The molecule has 1 heterocycles. The number of likely N-dealkylation sites (tertiary alicyclic amines) is 1. The molecule has 21 heavy (non-hydrogen) atoms. The molecule has 0 amide bonds. The molecule has 0 bridgehead atoms. The standard InChI is InChI=1S/C16H24F2N2.ClH/c1-12(16-14(17)4-3-5-15(16)18)20-10-7-13(8-11-20)6-9-19-2;/h3-5,12-13,19H,6-11H2,1-2H3;1H. The van der Waals surface area contributed by atoms with Gasteiger partial charge in [-0.3, -0.25) is 4.90 Å². The van der Waals surface area contributed by atoms with Crippen LogP contribution in [-0.4, -0.2) is 31.6 Å². The van der Waals surface area contributed by atoms with E-state index in [9.17, 15) is 8.78 Å². The summed E-state index contributed by atoms with van der Waals surface area (Å²) in [5, 5.41) is 3.18. The lowest BCUT2D eigenvalue weighted by Gasteiger charge is -2.36. The third kappa shape index (κ3) is 4.63. The summed E-state index contributed by atoms with van der Waals surface area (Å²) < 4.78 is 27.6. The smallest absolute Gasteiger partial charge is 0.130 e. The Bertz CT molecular complexity index is 414. The summed E-state index contributed by atoms with van der Waals surface area (Å²) in [7, 11) is 1.97. The first-order valence-electron chi connectivity index (χ1n) is 7.46. The van der Waals surface area contributed by atoms with Crippen molar-refractivity contribution in [1.82, 2.24) is 10.2 Å². The molecule has 0 aliphatic carbocycles. The van der Waals surface area contributed by atoms with Gasteiger partial charge in [-0.25, -0.2) is 8.78 Å². The normalized spacial score (nSPS) is 18.3.